The van der Waals surface area contributed by atoms with Gasteiger partial charge in [0.2, 0.25) is 0 Å². The Bertz CT molecular complexity index is 161. The van der Waals surface area contributed by atoms with E-state index in [2.05, 4.69) is 9.47 Å². The molecule has 0 bridgehead atoms. The molecule has 0 heterocycles. The van der Waals surface area contributed by atoms with Crippen LogP contribution in [0.3, 0.4) is 0 Å². The summed E-state index contributed by atoms with van der Waals surface area (Å²) in [5, 5.41) is 0. The lowest BCUT2D eigenvalue weighted by Gasteiger charge is -1.87. The Morgan fingerprint density at radius 3 is 1.08 bits per heavy atom. The maximum atomic E-state index is 9.81. The van der Waals surface area contributed by atoms with Crippen LogP contribution in [-0.4, -0.2) is 25.0 Å². The van der Waals surface area contributed by atoms with Crippen molar-refractivity contribution in [3.05, 3.63) is 0 Å². The minimum Gasteiger partial charge on any atom is -0.469 e. The van der Waals surface area contributed by atoms with Crippen LogP contribution in [0.2, 0.25) is 0 Å². The minimum absolute atomic E-state index is 0.245. The van der Waals surface area contributed by atoms with E-state index in [1.165, 1.54) is 27.9 Å². The molecule has 0 aromatic rings. The van der Waals surface area contributed by atoms with E-state index < -0.39 is 11.9 Å². The van der Waals surface area contributed by atoms with E-state index in [4.69, 9.17) is 0 Å². The van der Waals surface area contributed by atoms with Gasteiger partial charge in [-0.1, -0.05) is 0 Å². The van der Waals surface area contributed by atoms with Crippen molar-refractivity contribution in [2.24, 2.45) is 0 Å². The quantitative estimate of drug-likeness (QED) is 0.391. The smallest absolute Gasteiger partial charge is 0.310 e. The SMILES string of the molecule is CC(=O)OC(C)=O.COC(C)=O. The zero-order chi connectivity index (χ0) is 10.1. The van der Waals surface area contributed by atoms with Gasteiger partial charge in [0, 0.05) is 20.8 Å². The molecule has 0 aliphatic carbocycles. The zero-order valence-corrected chi connectivity index (χ0v) is 7.54. The predicted molar refractivity (Wildman–Crippen MR) is 40.1 cm³/mol. The molecule has 0 spiro atoms. The van der Waals surface area contributed by atoms with E-state index in [0.717, 1.165) is 0 Å². The van der Waals surface area contributed by atoms with Gasteiger partial charge in [0.15, 0.2) is 0 Å². The third-order valence-corrected chi connectivity index (χ3v) is 0.575. The summed E-state index contributed by atoms with van der Waals surface area (Å²) in [5.74, 6) is -1.37. The van der Waals surface area contributed by atoms with Gasteiger partial charge < -0.3 is 9.47 Å². The molecule has 0 rings (SSSR count). The Morgan fingerprint density at radius 2 is 1.08 bits per heavy atom. The second-order valence-corrected chi connectivity index (χ2v) is 1.78. The molecular formula is C7H12O5. The average Bonchev–Trinajstić information content (AvgIpc) is 1.85. The zero-order valence-electron chi connectivity index (χ0n) is 7.54. The van der Waals surface area contributed by atoms with Crippen molar-refractivity contribution in [2.75, 3.05) is 7.11 Å². The highest BCUT2D eigenvalue weighted by atomic mass is 16.6. The van der Waals surface area contributed by atoms with Crippen molar-refractivity contribution < 1.29 is 23.9 Å². The second-order valence-electron chi connectivity index (χ2n) is 1.78. The molecule has 5 heteroatoms. The Morgan fingerprint density at radius 1 is 0.833 bits per heavy atom. The fourth-order valence-electron chi connectivity index (χ4n) is 0.202. The van der Waals surface area contributed by atoms with Gasteiger partial charge in [0.1, 0.15) is 0 Å². The molecule has 0 aliphatic rings. The summed E-state index contributed by atoms with van der Waals surface area (Å²) in [4.78, 5) is 29.2. The Kier molecular flexibility index (Phi) is 8.50. The first-order chi connectivity index (χ1) is 5.40. The third-order valence-electron chi connectivity index (χ3n) is 0.575. The molecule has 5 nitrogen and oxygen atoms in total. The number of rotatable bonds is 0. The lowest BCUT2D eigenvalue weighted by molar-refractivity contribution is -0.156. The van der Waals surface area contributed by atoms with Crippen LogP contribution in [-0.2, 0) is 23.9 Å². The van der Waals surface area contributed by atoms with E-state index in [1.807, 2.05) is 0 Å². The van der Waals surface area contributed by atoms with Crippen molar-refractivity contribution in [1.82, 2.24) is 0 Å². The van der Waals surface area contributed by atoms with Crippen molar-refractivity contribution in [1.29, 1.82) is 0 Å². The number of esters is 3. The van der Waals surface area contributed by atoms with Gasteiger partial charge in [-0.25, -0.2) is 0 Å². The molecule has 0 radical (unpaired) electrons. The molecular weight excluding hydrogens is 164 g/mol. The molecule has 0 atom stereocenters. The fraction of sp³-hybridized carbons (Fsp3) is 0.571. The number of hydrogen-bond acceptors (Lipinski definition) is 5. The van der Waals surface area contributed by atoms with Gasteiger partial charge in [-0.15, -0.1) is 0 Å². The normalized spacial score (nSPS) is 7.33. The summed E-state index contributed by atoms with van der Waals surface area (Å²) >= 11 is 0. The Labute approximate surface area is 70.6 Å². The molecule has 0 fully saturated rings. The van der Waals surface area contributed by atoms with E-state index in [1.54, 1.807) is 0 Å². The first kappa shape index (κ1) is 13.2. The first-order valence-corrected chi connectivity index (χ1v) is 3.13. The van der Waals surface area contributed by atoms with Crippen molar-refractivity contribution >= 4 is 17.9 Å². The van der Waals surface area contributed by atoms with Crippen LogP contribution in [0, 0.1) is 0 Å². The van der Waals surface area contributed by atoms with Gasteiger partial charge in [0.25, 0.3) is 0 Å². The van der Waals surface area contributed by atoms with Crippen LogP contribution >= 0.6 is 0 Å². The van der Waals surface area contributed by atoms with Crippen LogP contribution in [0.1, 0.15) is 20.8 Å². The van der Waals surface area contributed by atoms with E-state index in [-0.39, 0.29) is 5.97 Å². The van der Waals surface area contributed by atoms with E-state index >= 15 is 0 Å². The van der Waals surface area contributed by atoms with Crippen molar-refractivity contribution in [3.8, 4) is 0 Å². The van der Waals surface area contributed by atoms with E-state index in [0.29, 0.717) is 0 Å². The Hall–Kier alpha value is -1.39. The van der Waals surface area contributed by atoms with Gasteiger partial charge in [-0.3, -0.25) is 14.4 Å². The van der Waals surface area contributed by atoms with Crippen LogP contribution in [0.5, 0.6) is 0 Å². The topological polar surface area (TPSA) is 69.7 Å². The van der Waals surface area contributed by atoms with Crippen LogP contribution in [0.15, 0.2) is 0 Å². The average molecular weight is 176 g/mol. The maximum Gasteiger partial charge on any atom is 0.310 e. The number of ether oxygens (including phenoxy) is 2. The molecule has 0 aromatic heterocycles. The molecule has 0 N–H and O–H groups in total. The third kappa shape index (κ3) is 23.5. The number of hydrogen-bond donors (Lipinski definition) is 0. The largest absolute Gasteiger partial charge is 0.469 e. The standard InChI is InChI=1S/C4H6O3.C3H6O2/c1-3(5)7-4(2)6;1-3(4)5-2/h1-2H3;1-2H3. The van der Waals surface area contributed by atoms with Crippen LogP contribution < -0.4 is 0 Å². The lowest BCUT2D eigenvalue weighted by Crippen LogP contribution is -2.03. The molecule has 12 heavy (non-hydrogen) atoms. The highest BCUT2D eigenvalue weighted by Gasteiger charge is 1.93. The van der Waals surface area contributed by atoms with Gasteiger partial charge >= 0.3 is 17.9 Å². The maximum absolute atomic E-state index is 9.81. The summed E-state index contributed by atoms with van der Waals surface area (Å²) in [6.45, 7) is 3.72. The van der Waals surface area contributed by atoms with Gasteiger partial charge in [-0.05, 0) is 0 Å². The van der Waals surface area contributed by atoms with Crippen LogP contribution in [0.25, 0.3) is 0 Å². The lowest BCUT2D eigenvalue weighted by atomic mass is 10.7. The summed E-state index contributed by atoms with van der Waals surface area (Å²) in [7, 11) is 1.35. The van der Waals surface area contributed by atoms with Gasteiger partial charge in [0.05, 0.1) is 7.11 Å². The molecule has 0 saturated carbocycles. The molecule has 0 unspecified atom stereocenters. The first-order valence-electron chi connectivity index (χ1n) is 3.13. The summed E-state index contributed by atoms with van der Waals surface area (Å²) < 4.78 is 8.08. The van der Waals surface area contributed by atoms with Gasteiger partial charge in [-0.2, -0.15) is 0 Å². The minimum atomic E-state index is -0.562. The fourth-order valence-corrected chi connectivity index (χ4v) is 0.202. The summed E-state index contributed by atoms with van der Waals surface area (Å²) in [6.07, 6.45) is 0. The summed E-state index contributed by atoms with van der Waals surface area (Å²) in [6, 6.07) is 0. The monoisotopic (exact) mass is 176 g/mol. The van der Waals surface area contributed by atoms with Crippen molar-refractivity contribution in [3.63, 3.8) is 0 Å². The molecule has 70 valence electrons. The highest BCUT2D eigenvalue weighted by Crippen LogP contribution is 1.73. The summed E-state index contributed by atoms with van der Waals surface area (Å²) in [5.41, 5.74) is 0. The molecule has 0 amide bonds. The number of carbonyl (C=O) groups is 3. The highest BCUT2D eigenvalue weighted by molar-refractivity contribution is 5.82. The van der Waals surface area contributed by atoms with E-state index in [9.17, 15) is 14.4 Å². The Balaban J connectivity index is 0. The second kappa shape index (κ2) is 7.71. The van der Waals surface area contributed by atoms with Crippen molar-refractivity contribution in [2.45, 2.75) is 20.8 Å². The predicted octanol–water partition coefficient (Wildman–Crippen LogP) is 0.275. The molecule has 0 saturated heterocycles. The molecule has 0 aromatic carbocycles. The molecule has 0 aliphatic heterocycles. The number of methoxy groups -OCH3 is 1. The van der Waals surface area contributed by atoms with Crippen LogP contribution in [0.4, 0.5) is 0 Å². The number of carbonyl (C=O) groups excluding carboxylic acids is 3.